The minimum atomic E-state index is -0.158. The van der Waals surface area contributed by atoms with Crippen molar-refractivity contribution in [3.8, 4) is 0 Å². The second-order valence-corrected chi connectivity index (χ2v) is 6.56. The summed E-state index contributed by atoms with van der Waals surface area (Å²) in [6.45, 7) is 5.06. The van der Waals surface area contributed by atoms with Crippen molar-refractivity contribution in [1.29, 1.82) is 0 Å². The molecule has 3 rings (SSSR count). The van der Waals surface area contributed by atoms with Crippen molar-refractivity contribution in [2.45, 2.75) is 26.3 Å². The molecule has 0 bridgehead atoms. The first-order valence-corrected chi connectivity index (χ1v) is 8.96. The van der Waals surface area contributed by atoms with E-state index in [1.807, 2.05) is 44.2 Å². The molecule has 1 aromatic carbocycles. The minimum Gasteiger partial charge on any atom is -0.459 e. The summed E-state index contributed by atoms with van der Waals surface area (Å²) >= 11 is 1.48. The van der Waals surface area contributed by atoms with Gasteiger partial charge in [0, 0.05) is 23.7 Å². The molecule has 3 aromatic rings. The SMILES string of the molecule is CCN(C(=O)c1csc(CCN)n1)C(C)c1cc2ccccc2o1.Cl. The van der Waals surface area contributed by atoms with Crippen molar-refractivity contribution >= 4 is 40.6 Å². The van der Waals surface area contributed by atoms with E-state index < -0.39 is 0 Å². The highest BCUT2D eigenvalue weighted by Gasteiger charge is 2.25. The zero-order valence-electron chi connectivity index (χ0n) is 14.3. The molecule has 0 spiro atoms. The van der Waals surface area contributed by atoms with Crippen LogP contribution in [0.1, 0.15) is 41.1 Å². The maximum absolute atomic E-state index is 12.8. The monoisotopic (exact) mass is 379 g/mol. The van der Waals surface area contributed by atoms with E-state index in [-0.39, 0.29) is 24.4 Å². The Balaban J connectivity index is 0.00000225. The summed E-state index contributed by atoms with van der Waals surface area (Å²) in [6, 6.07) is 9.70. The fourth-order valence-electron chi connectivity index (χ4n) is 2.75. The number of hydrogen-bond acceptors (Lipinski definition) is 5. The van der Waals surface area contributed by atoms with Gasteiger partial charge in [0.05, 0.1) is 11.0 Å². The summed E-state index contributed by atoms with van der Waals surface area (Å²) in [5.74, 6) is 0.703. The molecule has 25 heavy (non-hydrogen) atoms. The Morgan fingerprint density at radius 1 is 1.40 bits per heavy atom. The van der Waals surface area contributed by atoms with E-state index in [0.717, 1.165) is 21.7 Å². The summed E-state index contributed by atoms with van der Waals surface area (Å²) in [5.41, 5.74) is 6.87. The van der Waals surface area contributed by atoms with Crippen LogP contribution < -0.4 is 5.73 Å². The van der Waals surface area contributed by atoms with Crippen LogP contribution in [0.4, 0.5) is 0 Å². The highest BCUT2D eigenvalue weighted by atomic mass is 35.5. The van der Waals surface area contributed by atoms with Gasteiger partial charge in [-0.2, -0.15) is 0 Å². The number of nitrogens with zero attached hydrogens (tertiary/aromatic N) is 2. The Bertz CT molecular complexity index is 813. The van der Waals surface area contributed by atoms with Gasteiger partial charge in [0.15, 0.2) is 0 Å². The van der Waals surface area contributed by atoms with E-state index >= 15 is 0 Å². The lowest BCUT2D eigenvalue weighted by Gasteiger charge is -2.25. The van der Waals surface area contributed by atoms with Crippen LogP contribution in [0, 0.1) is 0 Å². The highest BCUT2D eigenvalue weighted by molar-refractivity contribution is 7.09. The molecule has 134 valence electrons. The van der Waals surface area contributed by atoms with Crippen molar-refractivity contribution in [1.82, 2.24) is 9.88 Å². The average Bonchev–Trinajstić information content (AvgIpc) is 3.22. The van der Waals surface area contributed by atoms with Crippen molar-refractivity contribution in [2.75, 3.05) is 13.1 Å². The molecule has 2 aromatic heterocycles. The molecular weight excluding hydrogens is 358 g/mol. The van der Waals surface area contributed by atoms with Crippen LogP contribution in [0.3, 0.4) is 0 Å². The first-order valence-electron chi connectivity index (χ1n) is 8.08. The van der Waals surface area contributed by atoms with E-state index in [9.17, 15) is 4.79 Å². The topological polar surface area (TPSA) is 72.4 Å². The Morgan fingerprint density at radius 3 is 2.84 bits per heavy atom. The maximum Gasteiger partial charge on any atom is 0.273 e. The number of benzene rings is 1. The van der Waals surface area contributed by atoms with Gasteiger partial charge in [-0.05, 0) is 32.5 Å². The summed E-state index contributed by atoms with van der Waals surface area (Å²) in [5, 5.41) is 3.75. The van der Waals surface area contributed by atoms with Crippen molar-refractivity contribution in [3.05, 3.63) is 52.2 Å². The second kappa shape index (κ2) is 8.47. The number of halogens is 1. The van der Waals surface area contributed by atoms with E-state index in [1.54, 1.807) is 10.3 Å². The first kappa shape index (κ1) is 19.4. The van der Waals surface area contributed by atoms with E-state index in [4.69, 9.17) is 10.2 Å². The largest absolute Gasteiger partial charge is 0.459 e. The number of fused-ring (bicyclic) bond motifs is 1. The van der Waals surface area contributed by atoms with Crippen LogP contribution in [0.25, 0.3) is 11.0 Å². The molecule has 7 heteroatoms. The lowest BCUT2D eigenvalue weighted by molar-refractivity contribution is 0.0679. The van der Waals surface area contributed by atoms with Crippen molar-refractivity contribution < 1.29 is 9.21 Å². The van der Waals surface area contributed by atoms with E-state index in [2.05, 4.69) is 4.98 Å². The molecule has 0 aliphatic carbocycles. The zero-order valence-corrected chi connectivity index (χ0v) is 15.9. The summed E-state index contributed by atoms with van der Waals surface area (Å²) in [6.07, 6.45) is 0.698. The smallest absolute Gasteiger partial charge is 0.273 e. The summed E-state index contributed by atoms with van der Waals surface area (Å²) in [4.78, 5) is 19.0. The van der Waals surface area contributed by atoms with E-state index in [0.29, 0.717) is 25.2 Å². The number of hydrogen-bond donors (Lipinski definition) is 1. The van der Waals surface area contributed by atoms with Gasteiger partial charge in [-0.3, -0.25) is 4.79 Å². The van der Waals surface area contributed by atoms with Gasteiger partial charge in [-0.15, -0.1) is 23.7 Å². The molecule has 0 fully saturated rings. The molecular formula is C18H22ClN3O2S. The highest BCUT2D eigenvalue weighted by Crippen LogP contribution is 2.28. The minimum absolute atomic E-state index is 0. The number of para-hydroxylation sites is 1. The molecule has 0 aliphatic rings. The lowest BCUT2D eigenvalue weighted by Crippen LogP contribution is -2.33. The van der Waals surface area contributed by atoms with Gasteiger partial charge in [0.25, 0.3) is 5.91 Å². The number of carbonyl (C=O) groups excluding carboxylic acids is 1. The predicted molar refractivity (Wildman–Crippen MR) is 103 cm³/mol. The van der Waals surface area contributed by atoms with Gasteiger partial charge >= 0.3 is 0 Å². The third-order valence-corrected chi connectivity index (χ3v) is 4.96. The quantitative estimate of drug-likeness (QED) is 0.701. The normalized spacial score (nSPS) is 12.0. The fraction of sp³-hybridized carbons (Fsp3) is 0.333. The van der Waals surface area contributed by atoms with Gasteiger partial charge in [-0.25, -0.2) is 4.98 Å². The standard InChI is InChI=1S/C18H21N3O2S.ClH/c1-3-21(18(22)14-11-24-17(20-14)8-9-19)12(2)16-10-13-6-4-5-7-15(13)23-16;/h4-7,10-12H,3,8-9,19H2,1-2H3;1H. The number of carbonyl (C=O) groups is 1. The van der Waals surface area contributed by atoms with Crippen LogP contribution in [0.5, 0.6) is 0 Å². The Labute approximate surface area is 157 Å². The average molecular weight is 380 g/mol. The Hall–Kier alpha value is -1.89. The molecule has 2 N–H and O–H groups in total. The van der Waals surface area contributed by atoms with Gasteiger partial charge in [-0.1, -0.05) is 18.2 Å². The first-order chi connectivity index (χ1) is 11.6. The molecule has 0 saturated heterocycles. The molecule has 1 amide bonds. The maximum atomic E-state index is 12.8. The second-order valence-electron chi connectivity index (χ2n) is 5.62. The number of amides is 1. The lowest BCUT2D eigenvalue weighted by atomic mass is 10.2. The number of aromatic nitrogens is 1. The van der Waals surface area contributed by atoms with Crippen LogP contribution in [0.2, 0.25) is 0 Å². The van der Waals surface area contributed by atoms with Crippen LogP contribution >= 0.6 is 23.7 Å². The van der Waals surface area contributed by atoms with Gasteiger partial charge in [0.2, 0.25) is 0 Å². The Morgan fingerprint density at radius 2 is 2.16 bits per heavy atom. The van der Waals surface area contributed by atoms with E-state index in [1.165, 1.54) is 11.3 Å². The number of nitrogens with two attached hydrogens (primary N) is 1. The van der Waals surface area contributed by atoms with Crippen molar-refractivity contribution in [2.24, 2.45) is 5.73 Å². The predicted octanol–water partition coefficient (Wildman–Crippen LogP) is 4.04. The third-order valence-electron chi connectivity index (χ3n) is 4.05. The summed E-state index contributed by atoms with van der Waals surface area (Å²) < 4.78 is 5.91. The zero-order chi connectivity index (χ0) is 17.1. The molecule has 5 nitrogen and oxygen atoms in total. The molecule has 1 unspecified atom stereocenters. The van der Waals surface area contributed by atoms with Crippen molar-refractivity contribution in [3.63, 3.8) is 0 Å². The van der Waals surface area contributed by atoms with Crippen LogP contribution in [-0.2, 0) is 6.42 Å². The molecule has 0 radical (unpaired) electrons. The molecule has 1 atom stereocenters. The third kappa shape index (κ3) is 4.03. The van der Waals surface area contributed by atoms with Gasteiger partial charge in [0.1, 0.15) is 17.0 Å². The fourth-order valence-corrected chi connectivity index (χ4v) is 3.54. The summed E-state index contributed by atoms with van der Waals surface area (Å²) in [7, 11) is 0. The Kier molecular flexibility index (Phi) is 6.58. The number of furan rings is 1. The molecule has 0 aliphatic heterocycles. The van der Waals surface area contributed by atoms with Gasteiger partial charge < -0.3 is 15.1 Å². The van der Waals surface area contributed by atoms with Crippen LogP contribution in [-0.4, -0.2) is 28.9 Å². The molecule has 0 saturated carbocycles. The van der Waals surface area contributed by atoms with Crippen LogP contribution in [0.15, 0.2) is 40.1 Å². The number of rotatable bonds is 6. The number of thiazole rings is 1. The molecule has 2 heterocycles.